The summed E-state index contributed by atoms with van der Waals surface area (Å²) in [4.78, 5) is 0.216. The third kappa shape index (κ3) is 4.35. The molecule has 10 heteroatoms. The van der Waals surface area contributed by atoms with Crippen molar-refractivity contribution in [2.45, 2.75) is 29.1 Å². The van der Waals surface area contributed by atoms with Crippen LogP contribution in [0.2, 0.25) is 0 Å². The number of hydrogen-bond acceptors (Lipinski definition) is 8. The molecule has 4 rings (SSSR count). The van der Waals surface area contributed by atoms with Gasteiger partial charge in [0.1, 0.15) is 0 Å². The maximum atomic E-state index is 12.8. The van der Waals surface area contributed by atoms with E-state index in [2.05, 4.69) is 10.2 Å². The van der Waals surface area contributed by atoms with E-state index < -0.39 is 10.0 Å². The Balaban J connectivity index is 1.49. The SMILES string of the molecule is O=S(=O)(c1cccc(-c2nnc(SC[C@H]3CCCO3)o2)c1)N1CCOCC1. The molecule has 0 N–H and O–H groups in total. The van der Waals surface area contributed by atoms with E-state index in [1.807, 2.05) is 0 Å². The second kappa shape index (κ2) is 8.27. The smallest absolute Gasteiger partial charge is 0.276 e. The maximum Gasteiger partial charge on any atom is 0.276 e. The van der Waals surface area contributed by atoms with E-state index in [1.54, 1.807) is 24.3 Å². The molecule has 146 valence electrons. The third-order valence-corrected chi connectivity index (χ3v) is 7.36. The van der Waals surface area contributed by atoms with E-state index in [0.29, 0.717) is 43.0 Å². The first-order valence-electron chi connectivity index (χ1n) is 8.89. The minimum Gasteiger partial charge on any atom is -0.411 e. The zero-order valence-corrected chi connectivity index (χ0v) is 16.4. The number of aromatic nitrogens is 2. The van der Waals surface area contributed by atoms with Crippen molar-refractivity contribution < 1.29 is 22.3 Å². The Morgan fingerprint density at radius 2 is 2.04 bits per heavy atom. The highest BCUT2D eigenvalue weighted by molar-refractivity contribution is 7.99. The van der Waals surface area contributed by atoms with E-state index in [-0.39, 0.29) is 11.0 Å². The Labute approximate surface area is 162 Å². The molecule has 2 aromatic rings. The van der Waals surface area contributed by atoms with E-state index in [1.165, 1.54) is 16.1 Å². The van der Waals surface area contributed by atoms with Gasteiger partial charge in [0.05, 0.1) is 24.2 Å². The normalized spacial score (nSPS) is 21.6. The number of hydrogen-bond donors (Lipinski definition) is 0. The van der Waals surface area contributed by atoms with Gasteiger partial charge in [0.15, 0.2) is 0 Å². The second-order valence-corrected chi connectivity index (χ2v) is 9.27. The minimum absolute atomic E-state index is 0.216. The molecule has 2 fully saturated rings. The zero-order chi connectivity index (χ0) is 18.7. The molecule has 3 heterocycles. The molecule has 0 saturated carbocycles. The molecule has 0 amide bonds. The minimum atomic E-state index is -3.57. The van der Waals surface area contributed by atoms with Crippen LogP contribution in [-0.2, 0) is 19.5 Å². The predicted octanol–water partition coefficient (Wildman–Crippen LogP) is 2.03. The van der Waals surface area contributed by atoms with Crippen LogP contribution in [0.1, 0.15) is 12.8 Å². The quantitative estimate of drug-likeness (QED) is 0.667. The summed E-state index contributed by atoms with van der Waals surface area (Å²) in [5, 5.41) is 8.57. The zero-order valence-electron chi connectivity index (χ0n) is 14.7. The first kappa shape index (κ1) is 18.9. The number of ether oxygens (including phenoxy) is 2. The van der Waals surface area contributed by atoms with Crippen LogP contribution in [0, 0.1) is 0 Å². The number of thioether (sulfide) groups is 1. The van der Waals surface area contributed by atoms with Crippen molar-refractivity contribution in [3.8, 4) is 11.5 Å². The van der Waals surface area contributed by atoms with Crippen molar-refractivity contribution in [1.82, 2.24) is 14.5 Å². The highest BCUT2D eigenvalue weighted by atomic mass is 32.2. The van der Waals surface area contributed by atoms with Crippen LogP contribution in [0.3, 0.4) is 0 Å². The fourth-order valence-electron chi connectivity index (χ4n) is 3.05. The van der Waals surface area contributed by atoms with Crippen LogP contribution in [0.25, 0.3) is 11.5 Å². The number of rotatable bonds is 6. The third-order valence-electron chi connectivity index (χ3n) is 4.51. The number of sulfonamides is 1. The average Bonchev–Trinajstić information content (AvgIpc) is 3.39. The molecule has 27 heavy (non-hydrogen) atoms. The first-order chi connectivity index (χ1) is 13.1. The Hall–Kier alpha value is -1.46. The van der Waals surface area contributed by atoms with E-state index >= 15 is 0 Å². The summed E-state index contributed by atoms with van der Waals surface area (Å²) in [6.07, 6.45) is 2.37. The van der Waals surface area contributed by atoms with Gasteiger partial charge in [0.25, 0.3) is 5.22 Å². The molecule has 0 radical (unpaired) electrons. The summed E-state index contributed by atoms with van der Waals surface area (Å²) in [5.74, 6) is 1.08. The lowest BCUT2D eigenvalue weighted by atomic mass is 10.2. The average molecular weight is 412 g/mol. The van der Waals surface area contributed by atoms with Crippen molar-refractivity contribution in [1.29, 1.82) is 0 Å². The van der Waals surface area contributed by atoms with Crippen molar-refractivity contribution in [2.24, 2.45) is 0 Å². The van der Waals surface area contributed by atoms with Crippen LogP contribution in [0.5, 0.6) is 0 Å². The van der Waals surface area contributed by atoms with Gasteiger partial charge in [-0.3, -0.25) is 0 Å². The molecule has 0 bridgehead atoms. The molecule has 0 unspecified atom stereocenters. The summed E-state index contributed by atoms with van der Waals surface area (Å²) in [6.45, 7) is 2.35. The fraction of sp³-hybridized carbons (Fsp3) is 0.529. The monoisotopic (exact) mass is 411 g/mol. The Kier molecular flexibility index (Phi) is 5.79. The topological polar surface area (TPSA) is 94.8 Å². The summed E-state index contributed by atoms with van der Waals surface area (Å²) in [6, 6.07) is 6.61. The molecule has 2 saturated heterocycles. The molecule has 8 nitrogen and oxygen atoms in total. The van der Waals surface area contributed by atoms with Gasteiger partial charge in [-0.2, -0.15) is 4.31 Å². The lowest BCUT2D eigenvalue weighted by Crippen LogP contribution is -2.40. The first-order valence-corrected chi connectivity index (χ1v) is 11.3. The summed E-state index contributed by atoms with van der Waals surface area (Å²) >= 11 is 1.46. The largest absolute Gasteiger partial charge is 0.411 e. The van der Waals surface area contributed by atoms with E-state index in [9.17, 15) is 8.42 Å². The molecule has 2 aliphatic rings. The van der Waals surface area contributed by atoms with Crippen molar-refractivity contribution >= 4 is 21.8 Å². The van der Waals surface area contributed by atoms with E-state index in [4.69, 9.17) is 13.9 Å². The van der Waals surface area contributed by atoms with Crippen molar-refractivity contribution in [3.63, 3.8) is 0 Å². The second-order valence-electron chi connectivity index (χ2n) is 6.36. The Morgan fingerprint density at radius 1 is 1.19 bits per heavy atom. The molecule has 1 aromatic heterocycles. The van der Waals surface area contributed by atoms with Gasteiger partial charge in [0.2, 0.25) is 15.9 Å². The summed E-state index contributed by atoms with van der Waals surface area (Å²) in [7, 11) is -3.57. The Bertz CT molecular complexity index is 874. The fourth-order valence-corrected chi connectivity index (χ4v) is 5.33. The molecule has 0 spiro atoms. The van der Waals surface area contributed by atoms with Gasteiger partial charge in [0, 0.05) is 31.0 Å². The number of nitrogens with zero attached hydrogens (tertiary/aromatic N) is 3. The van der Waals surface area contributed by atoms with Crippen LogP contribution < -0.4 is 0 Å². The molecule has 2 aliphatic heterocycles. The number of benzene rings is 1. The summed E-state index contributed by atoms with van der Waals surface area (Å²) < 4.78 is 43.6. The molecule has 0 aliphatic carbocycles. The van der Waals surface area contributed by atoms with E-state index in [0.717, 1.165) is 25.2 Å². The lowest BCUT2D eigenvalue weighted by molar-refractivity contribution is 0.0730. The summed E-state index contributed by atoms with van der Waals surface area (Å²) in [5.41, 5.74) is 0.584. The lowest BCUT2D eigenvalue weighted by Gasteiger charge is -2.26. The van der Waals surface area contributed by atoms with Gasteiger partial charge in [-0.05, 0) is 31.0 Å². The predicted molar refractivity (Wildman–Crippen MR) is 99.0 cm³/mol. The molecular formula is C17H21N3O5S2. The van der Waals surface area contributed by atoms with Crippen LogP contribution in [-0.4, -0.2) is 67.7 Å². The standard InChI is InChI=1S/C17H21N3O5S2/c21-27(22,20-6-9-23-10-7-20)15-5-1-3-13(11-15)16-18-19-17(25-16)26-12-14-4-2-8-24-14/h1,3,5,11,14H,2,4,6-10,12H2/t14-/m1/s1. The van der Waals surface area contributed by atoms with Crippen molar-refractivity contribution in [3.05, 3.63) is 24.3 Å². The Morgan fingerprint density at radius 3 is 2.81 bits per heavy atom. The van der Waals surface area contributed by atoms with Crippen LogP contribution >= 0.6 is 11.8 Å². The van der Waals surface area contributed by atoms with Gasteiger partial charge in [-0.15, -0.1) is 10.2 Å². The highest BCUT2D eigenvalue weighted by Gasteiger charge is 2.27. The maximum absolute atomic E-state index is 12.8. The van der Waals surface area contributed by atoms with Gasteiger partial charge < -0.3 is 13.9 Å². The van der Waals surface area contributed by atoms with Crippen molar-refractivity contribution in [2.75, 3.05) is 38.7 Å². The van der Waals surface area contributed by atoms with Gasteiger partial charge in [-0.25, -0.2) is 8.42 Å². The van der Waals surface area contributed by atoms with Crippen LogP contribution in [0.15, 0.2) is 38.8 Å². The molecule has 1 aromatic carbocycles. The highest BCUT2D eigenvalue weighted by Crippen LogP contribution is 2.28. The number of morpholine rings is 1. The van der Waals surface area contributed by atoms with Crippen LogP contribution in [0.4, 0.5) is 0 Å². The van der Waals surface area contributed by atoms with Gasteiger partial charge in [-0.1, -0.05) is 17.8 Å². The van der Waals surface area contributed by atoms with Gasteiger partial charge >= 0.3 is 0 Å². The molecular weight excluding hydrogens is 390 g/mol. The molecule has 1 atom stereocenters.